The van der Waals surface area contributed by atoms with Crippen LogP contribution in [0.1, 0.15) is 11.3 Å². The highest BCUT2D eigenvalue weighted by Gasteiger charge is 2.14. The van der Waals surface area contributed by atoms with E-state index in [2.05, 4.69) is 15.3 Å². The van der Waals surface area contributed by atoms with Gasteiger partial charge in [0.15, 0.2) is 0 Å². The molecule has 0 aliphatic heterocycles. The number of imidazole rings is 1. The van der Waals surface area contributed by atoms with Gasteiger partial charge in [0.05, 0.1) is 25.8 Å². The topological polar surface area (TPSA) is 60.7 Å². The van der Waals surface area contributed by atoms with E-state index in [0.29, 0.717) is 40.7 Å². The van der Waals surface area contributed by atoms with E-state index in [-0.39, 0.29) is 11.4 Å². The molecule has 28 heavy (non-hydrogen) atoms. The quantitative estimate of drug-likeness (QED) is 0.486. The van der Waals surface area contributed by atoms with Crippen LogP contribution in [0.5, 0.6) is 11.5 Å². The number of hydrogen-bond donors (Lipinski definition) is 1. The number of ether oxygens (including phenoxy) is 2. The maximum Gasteiger partial charge on any atom is 0.209 e. The summed E-state index contributed by atoms with van der Waals surface area (Å²) < 4.78 is 26.8. The number of methoxy groups -OCH3 is 2. The van der Waals surface area contributed by atoms with Gasteiger partial charge in [0, 0.05) is 29.8 Å². The predicted octanol–water partition coefficient (Wildman–Crippen LogP) is 4.39. The van der Waals surface area contributed by atoms with Crippen molar-refractivity contribution in [2.75, 3.05) is 19.5 Å². The normalized spacial score (nSPS) is 11.1. The molecule has 0 amide bonds. The van der Waals surface area contributed by atoms with Crippen LogP contribution in [0.4, 0.5) is 10.3 Å². The van der Waals surface area contributed by atoms with E-state index in [9.17, 15) is 4.39 Å². The van der Waals surface area contributed by atoms with Crippen molar-refractivity contribution < 1.29 is 13.9 Å². The number of para-hydroxylation sites is 1. The number of fused-ring (bicyclic) bond motifs is 3. The smallest absolute Gasteiger partial charge is 0.209 e. The third-order valence-electron chi connectivity index (χ3n) is 4.50. The van der Waals surface area contributed by atoms with Gasteiger partial charge >= 0.3 is 0 Å². The van der Waals surface area contributed by atoms with Gasteiger partial charge < -0.3 is 14.8 Å². The first-order valence-electron chi connectivity index (χ1n) is 8.61. The lowest BCUT2D eigenvalue weighted by Crippen LogP contribution is -2.08. The fraction of sp³-hybridized carbons (Fsp3) is 0.200. The molecule has 144 valence electrons. The minimum Gasteiger partial charge on any atom is -0.497 e. The zero-order chi connectivity index (χ0) is 19.7. The van der Waals surface area contributed by atoms with Crippen LogP contribution in [-0.4, -0.2) is 28.6 Å². The molecule has 4 rings (SSSR count). The van der Waals surface area contributed by atoms with Crippen molar-refractivity contribution in [1.29, 1.82) is 0 Å². The highest BCUT2D eigenvalue weighted by atomic mass is 35.5. The van der Waals surface area contributed by atoms with E-state index in [1.54, 1.807) is 36.9 Å². The zero-order valence-electron chi connectivity index (χ0n) is 15.4. The lowest BCUT2D eigenvalue weighted by Gasteiger charge is -2.13. The van der Waals surface area contributed by atoms with Crippen LogP contribution < -0.4 is 14.8 Å². The van der Waals surface area contributed by atoms with Gasteiger partial charge in [-0.25, -0.2) is 14.4 Å². The number of nitrogens with zero attached hydrogens (tertiary/aromatic N) is 3. The maximum atomic E-state index is 14.4. The Labute approximate surface area is 165 Å². The molecule has 0 aliphatic rings. The number of hydrogen-bond acceptors (Lipinski definition) is 5. The highest BCUT2D eigenvalue weighted by Crippen LogP contribution is 2.27. The van der Waals surface area contributed by atoms with Crippen LogP contribution in [0.25, 0.3) is 16.6 Å². The van der Waals surface area contributed by atoms with Crippen molar-refractivity contribution in [3.63, 3.8) is 0 Å². The molecular formula is C20H18ClFN4O2. The van der Waals surface area contributed by atoms with Crippen LogP contribution in [-0.2, 0) is 12.4 Å². The SMILES string of the molecule is COc1ccc(CNc2nc3c(F)cccc3c3nc(CCl)cn23)c(OC)c1. The molecule has 6 nitrogen and oxygen atoms in total. The summed E-state index contributed by atoms with van der Waals surface area (Å²) in [5.74, 6) is 1.71. The largest absolute Gasteiger partial charge is 0.497 e. The monoisotopic (exact) mass is 400 g/mol. The summed E-state index contributed by atoms with van der Waals surface area (Å²) in [6.07, 6.45) is 1.80. The molecule has 2 aromatic heterocycles. The molecule has 0 bridgehead atoms. The second-order valence-electron chi connectivity index (χ2n) is 6.16. The fourth-order valence-electron chi connectivity index (χ4n) is 3.11. The van der Waals surface area contributed by atoms with E-state index < -0.39 is 5.82 Å². The molecule has 4 aromatic rings. The van der Waals surface area contributed by atoms with Gasteiger partial charge in [-0.15, -0.1) is 11.6 Å². The van der Waals surface area contributed by atoms with Crippen LogP contribution in [0.15, 0.2) is 42.6 Å². The third kappa shape index (κ3) is 3.18. The van der Waals surface area contributed by atoms with Gasteiger partial charge in [-0.1, -0.05) is 6.07 Å². The Kier molecular flexibility index (Phi) is 4.92. The van der Waals surface area contributed by atoms with E-state index in [0.717, 1.165) is 5.56 Å². The van der Waals surface area contributed by atoms with Gasteiger partial charge in [-0.3, -0.25) is 4.40 Å². The Morgan fingerprint density at radius 3 is 2.75 bits per heavy atom. The third-order valence-corrected chi connectivity index (χ3v) is 4.77. The number of benzene rings is 2. The van der Waals surface area contributed by atoms with Crippen molar-refractivity contribution in [3.05, 3.63) is 59.7 Å². The van der Waals surface area contributed by atoms with Crippen LogP contribution >= 0.6 is 11.6 Å². The lowest BCUT2D eigenvalue weighted by molar-refractivity contribution is 0.391. The molecular weight excluding hydrogens is 383 g/mol. The molecule has 1 N–H and O–H groups in total. The molecule has 0 radical (unpaired) electrons. The average molecular weight is 401 g/mol. The summed E-state index contributed by atoms with van der Waals surface area (Å²) in [5, 5.41) is 3.88. The lowest BCUT2D eigenvalue weighted by atomic mass is 10.2. The Morgan fingerprint density at radius 1 is 1.14 bits per heavy atom. The number of rotatable bonds is 6. The first-order chi connectivity index (χ1) is 13.6. The second kappa shape index (κ2) is 7.52. The van der Waals surface area contributed by atoms with Crippen molar-refractivity contribution in [3.8, 4) is 11.5 Å². The Hall–Kier alpha value is -3.06. The molecule has 2 aromatic carbocycles. The highest BCUT2D eigenvalue weighted by molar-refractivity contribution is 6.17. The molecule has 0 atom stereocenters. The van der Waals surface area contributed by atoms with Gasteiger partial charge in [-0.2, -0.15) is 0 Å². The molecule has 0 saturated carbocycles. The van der Waals surface area contributed by atoms with Crippen LogP contribution in [0, 0.1) is 5.82 Å². The van der Waals surface area contributed by atoms with Crippen molar-refractivity contribution in [2.24, 2.45) is 0 Å². The number of alkyl halides is 1. The van der Waals surface area contributed by atoms with E-state index in [1.165, 1.54) is 6.07 Å². The van der Waals surface area contributed by atoms with Crippen molar-refractivity contribution in [1.82, 2.24) is 14.4 Å². The Morgan fingerprint density at radius 2 is 2.00 bits per heavy atom. The molecule has 8 heteroatoms. The number of halogens is 2. The number of anilines is 1. The number of aromatic nitrogens is 3. The molecule has 0 spiro atoms. The van der Waals surface area contributed by atoms with Crippen molar-refractivity contribution in [2.45, 2.75) is 12.4 Å². The van der Waals surface area contributed by atoms with Gasteiger partial charge in [0.25, 0.3) is 0 Å². The first-order valence-corrected chi connectivity index (χ1v) is 9.15. The Bertz CT molecular complexity index is 1160. The van der Waals surface area contributed by atoms with E-state index in [1.807, 2.05) is 18.2 Å². The van der Waals surface area contributed by atoms with Crippen LogP contribution in [0.2, 0.25) is 0 Å². The molecule has 0 fully saturated rings. The summed E-state index contributed by atoms with van der Waals surface area (Å²) in [6.45, 7) is 0.420. The van der Waals surface area contributed by atoms with Crippen LogP contribution in [0.3, 0.4) is 0 Å². The molecule has 0 saturated heterocycles. The second-order valence-corrected chi connectivity index (χ2v) is 6.43. The van der Waals surface area contributed by atoms with E-state index >= 15 is 0 Å². The van der Waals surface area contributed by atoms with Gasteiger partial charge in [-0.05, 0) is 24.3 Å². The van der Waals surface area contributed by atoms with Gasteiger partial charge in [0.1, 0.15) is 28.5 Å². The standard InChI is InChI=1S/C20H18ClFN4O2/c1-27-14-7-6-12(17(8-14)28-2)10-23-20-25-18-15(4-3-5-16(18)22)19-24-13(9-21)11-26(19)20/h3-8,11H,9-10H2,1-2H3,(H,23,25). The maximum absolute atomic E-state index is 14.4. The molecule has 0 aliphatic carbocycles. The van der Waals surface area contributed by atoms with E-state index in [4.69, 9.17) is 21.1 Å². The number of nitrogens with one attached hydrogen (secondary N) is 1. The minimum atomic E-state index is -0.402. The summed E-state index contributed by atoms with van der Waals surface area (Å²) in [5.41, 5.74) is 2.45. The predicted molar refractivity (Wildman–Crippen MR) is 107 cm³/mol. The summed E-state index contributed by atoms with van der Waals surface area (Å²) >= 11 is 5.96. The first kappa shape index (κ1) is 18.3. The average Bonchev–Trinajstić information content (AvgIpc) is 3.17. The Balaban J connectivity index is 1.77. The summed E-state index contributed by atoms with van der Waals surface area (Å²) in [4.78, 5) is 9.00. The zero-order valence-corrected chi connectivity index (χ0v) is 16.1. The summed E-state index contributed by atoms with van der Waals surface area (Å²) in [6, 6.07) is 10.4. The molecule has 2 heterocycles. The molecule has 0 unspecified atom stereocenters. The summed E-state index contributed by atoms with van der Waals surface area (Å²) in [7, 11) is 3.20. The fourth-order valence-corrected chi connectivity index (χ4v) is 3.24. The van der Waals surface area contributed by atoms with Crippen molar-refractivity contribution >= 4 is 34.1 Å². The minimum absolute atomic E-state index is 0.254. The van der Waals surface area contributed by atoms with Gasteiger partial charge in [0.2, 0.25) is 5.95 Å².